The van der Waals surface area contributed by atoms with Crippen LogP contribution in [0.1, 0.15) is 42.4 Å². The van der Waals surface area contributed by atoms with Crippen LogP contribution in [-0.2, 0) is 17.6 Å². The van der Waals surface area contributed by atoms with Crippen LogP contribution in [-0.4, -0.2) is 47.7 Å². The lowest BCUT2D eigenvalue weighted by molar-refractivity contribution is -0.0541. The largest absolute Gasteiger partial charge is 0.373 e. The van der Waals surface area contributed by atoms with Gasteiger partial charge in [-0.25, -0.2) is 9.97 Å². The second-order valence-electron chi connectivity index (χ2n) is 6.07. The summed E-state index contributed by atoms with van der Waals surface area (Å²) in [4.78, 5) is 12.1. The first kappa shape index (κ1) is 12.5. The highest BCUT2D eigenvalue weighted by molar-refractivity contribution is 5.48. The number of fused-ring (bicyclic) bond motifs is 2. The van der Waals surface area contributed by atoms with E-state index in [9.17, 15) is 0 Å². The molecule has 0 amide bonds. The summed E-state index contributed by atoms with van der Waals surface area (Å²) in [5.41, 5.74) is 2.54. The van der Waals surface area contributed by atoms with Crippen LogP contribution in [0.25, 0.3) is 0 Å². The highest BCUT2D eigenvalue weighted by atomic mass is 16.5. The van der Waals surface area contributed by atoms with Gasteiger partial charge in [0.2, 0.25) is 0 Å². The van der Waals surface area contributed by atoms with Gasteiger partial charge in [0, 0.05) is 30.9 Å². The van der Waals surface area contributed by atoms with Crippen molar-refractivity contribution < 1.29 is 4.74 Å². The number of rotatable bonds is 2. The van der Waals surface area contributed by atoms with Crippen molar-refractivity contribution >= 4 is 5.82 Å². The average molecular weight is 274 g/mol. The molecule has 0 spiro atoms. The number of nitrogens with one attached hydrogen (secondary N) is 1. The number of aryl methyl sites for hydroxylation is 1. The third-order valence-corrected chi connectivity index (χ3v) is 4.86. The fourth-order valence-corrected chi connectivity index (χ4v) is 3.78. The van der Waals surface area contributed by atoms with Crippen molar-refractivity contribution in [1.82, 2.24) is 14.9 Å². The first-order valence-corrected chi connectivity index (χ1v) is 7.78. The monoisotopic (exact) mass is 274 g/mol. The average Bonchev–Trinajstić information content (AvgIpc) is 3.13. The van der Waals surface area contributed by atoms with Crippen molar-refractivity contribution in [1.29, 1.82) is 0 Å². The number of aromatic nitrogens is 2. The summed E-state index contributed by atoms with van der Waals surface area (Å²) in [7, 11) is 1.95. The van der Waals surface area contributed by atoms with Crippen molar-refractivity contribution in [2.45, 2.75) is 44.2 Å². The summed E-state index contributed by atoms with van der Waals surface area (Å²) in [6.07, 6.45) is 6.00. The van der Waals surface area contributed by atoms with Crippen LogP contribution >= 0.6 is 0 Å². The number of ether oxygens (including phenoxy) is 1. The molecule has 1 aliphatic carbocycles. The number of hydrogen-bond acceptors (Lipinski definition) is 5. The van der Waals surface area contributed by atoms with Crippen LogP contribution < -0.4 is 5.32 Å². The van der Waals surface area contributed by atoms with Gasteiger partial charge in [0.15, 0.2) is 5.82 Å². The molecule has 0 saturated carbocycles. The Bertz CT molecular complexity index is 519. The second-order valence-corrected chi connectivity index (χ2v) is 6.07. The molecular formula is C15H22N4O. The molecule has 2 saturated heterocycles. The molecule has 1 aromatic heterocycles. The van der Waals surface area contributed by atoms with E-state index in [2.05, 4.69) is 10.2 Å². The minimum absolute atomic E-state index is 0.0438. The second kappa shape index (κ2) is 4.97. The molecule has 20 heavy (non-hydrogen) atoms. The van der Waals surface area contributed by atoms with Crippen LogP contribution in [0.5, 0.6) is 0 Å². The molecule has 2 atom stereocenters. The van der Waals surface area contributed by atoms with Crippen molar-refractivity contribution in [2.24, 2.45) is 0 Å². The summed E-state index contributed by atoms with van der Waals surface area (Å²) in [5, 5.41) is 3.23. The summed E-state index contributed by atoms with van der Waals surface area (Å²) < 4.78 is 6.04. The van der Waals surface area contributed by atoms with Gasteiger partial charge in [-0.3, -0.25) is 4.90 Å². The molecule has 5 heteroatoms. The van der Waals surface area contributed by atoms with Crippen LogP contribution in [0.2, 0.25) is 0 Å². The molecular weight excluding hydrogens is 252 g/mol. The highest BCUT2D eigenvalue weighted by Gasteiger charge is 2.34. The minimum atomic E-state index is 0.0438. The lowest BCUT2D eigenvalue weighted by Gasteiger charge is -2.34. The first-order chi connectivity index (χ1) is 9.85. The molecule has 1 aromatic rings. The van der Waals surface area contributed by atoms with Crippen LogP contribution in [0.15, 0.2) is 0 Å². The molecule has 3 heterocycles. The molecule has 2 unspecified atom stereocenters. The van der Waals surface area contributed by atoms with Crippen molar-refractivity contribution in [3.8, 4) is 0 Å². The molecule has 1 N–H and O–H groups in total. The maximum absolute atomic E-state index is 6.04. The minimum Gasteiger partial charge on any atom is -0.373 e. The summed E-state index contributed by atoms with van der Waals surface area (Å²) in [6.45, 7) is 2.99. The number of morpholine rings is 1. The third kappa shape index (κ3) is 2.00. The van der Waals surface area contributed by atoms with Crippen LogP contribution in [0.3, 0.4) is 0 Å². The molecule has 0 radical (unpaired) electrons. The fourth-order valence-electron chi connectivity index (χ4n) is 3.78. The SMILES string of the molecule is CNc1nc(C2CN3CCCC3CO2)nc2c1CCC2. The van der Waals surface area contributed by atoms with E-state index in [0.29, 0.717) is 6.04 Å². The third-order valence-electron chi connectivity index (χ3n) is 4.86. The van der Waals surface area contributed by atoms with Gasteiger partial charge in [0.05, 0.1) is 6.61 Å². The van der Waals surface area contributed by atoms with E-state index < -0.39 is 0 Å². The summed E-state index contributed by atoms with van der Waals surface area (Å²) in [5.74, 6) is 1.88. The summed E-state index contributed by atoms with van der Waals surface area (Å²) >= 11 is 0. The number of hydrogen-bond donors (Lipinski definition) is 1. The zero-order chi connectivity index (χ0) is 13.5. The summed E-state index contributed by atoms with van der Waals surface area (Å²) in [6, 6.07) is 0.629. The van der Waals surface area contributed by atoms with Gasteiger partial charge < -0.3 is 10.1 Å². The normalized spacial score (nSPS) is 29.2. The smallest absolute Gasteiger partial charge is 0.161 e. The predicted molar refractivity (Wildman–Crippen MR) is 76.9 cm³/mol. The van der Waals surface area contributed by atoms with E-state index in [-0.39, 0.29) is 6.10 Å². The maximum atomic E-state index is 6.04. The van der Waals surface area contributed by atoms with E-state index in [4.69, 9.17) is 14.7 Å². The topological polar surface area (TPSA) is 50.3 Å². The maximum Gasteiger partial charge on any atom is 0.161 e. The fraction of sp³-hybridized carbons (Fsp3) is 0.733. The van der Waals surface area contributed by atoms with E-state index in [1.807, 2.05) is 7.05 Å². The molecule has 5 nitrogen and oxygen atoms in total. The molecule has 108 valence electrons. The molecule has 4 rings (SSSR count). The number of anilines is 1. The van der Waals surface area contributed by atoms with E-state index in [1.165, 1.54) is 37.1 Å². The highest BCUT2D eigenvalue weighted by Crippen LogP contribution is 2.32. The van der Waals surface area contributed by atoms with E-state index in [0.717, 1.165) is 37.6 Å². The Balaban J connectivity index is 1.62. The van der Waals surface area contributed by atoms with E-state index in [1.54, 1.807) is 0 Å². The van der Waals surface area contributed by atoms with Gasteiger partial charge in [0.25, 0.3) is 0 Å². The van der Waals surface area contributed by atoms with Crippen LogP contribution in [0, 0.1) is 0 Å². The van der Waals surface area contributed by atoms with Crippen molar-refractivity contribution in [2.75, 3.05) is 32.1 Å². The molecule has 2 fully saturated rings. The Morgan fingerprint density at radius 2 is 2.20 bits per heavy atom. The van der Waals surface area contributed by atoms with Crippen LogP contribution in [0.4, 0.5) is 5.82 Å². The molecule has 3 aliphatic rings. The number of nitrogens with zero attached hydrogens (tertiary/aromatic N) is 3. The van der Waals surface area contributed by atoms with Gasteiger partial charge >= 0.3 is 0 Å². The van der Waals surface area contributed by atoms with Gasteiger partial charge in [-0.2, -0.15) is 0 Å². The van der Waals surface area contributed by atoms with Crippen molar-refractivity contribution in [3.05, 3.63) is 17.1 Å². The Kier molecular flexibility index (Phi) is 3.11. The Morgan fingerprint density at radius 1 is 1.25 bits per heavy atom. The van der Waals surface area contributed by atoms with Gasteiger partial charge in [0.1, 0.15) is 11.9 Å². The Hall–Kier alpha value is -1.20. The molecule has 2 aliphatic heterocycles. The first-order valence-electron chi connectivity index (χ1n) is 7.78. The lowest BCUT2D eigenvalue weighted by atomic mass is 10.1. The Morgan fingerprint density at radius 3 is 3.10 bits per heavy atom. The lowest BCUT2D eigenvalue weighted by Crippen LogP contribution is -2.43. The standard InChI is InChI=1S/C15H22N4O/c1-16-14-11-5-2-6-12(11)17-15(18-14)13-8-19-7-3-4-10(19)9-20-13/h10,13H,2-9H2,1H3,(H,16,17,18). The van der Waals surface area contributed by atoms with Crippen molar-refractivity contribution in [3.63, 3.8) is 0 Å². The van der Waals surface area contributed by atoms with Gasteiger partial charge in [-0.15, -0.1) is 0 Å². The van der Waals surface area contributed by atoms with Gasteiger partial charge in [-0.1, -0.05) is 0 Å². The Labute approximate surface area is 119 Å². The quantitative estimate of drug-likeness (QED) is 0.886. The zero-order valence-electron chi connectivity index (χ0n) is 12.1. The zero-order valence-corrected chi connectivity index (χ0v) is 12.1. The molecule has 0 aromatic carbocycles. The van der Waals surface area contributed by atoms with Gasteiger partial charge in [-0.05, 0) is 38.6 Å². The predicted octanol–water partition coefficient (Wildman–Crippen LogP) is 1.54. The molecule has 0 bridgehead atoms. The van der Waals surface area contributed by atoms with E-state index >= 15 is 0 Å².